The number of benzene rings is 2. The van der Waals surface area contributed by atoms with Gasteiger partial charge in [0.25, 0.3) is 0 Å². The van der Waals surface area contributed by atoms with Gasteiger partial charge in [0.2, 0.25) is 0 Å². The highest BCUT2D eigenvalue weighted by molar-refractivity contribution is 5.89. The van der Waals surface area contributed by atoms with Crippen molar-refractivity contribution < 1.29 is 4.39 Å². The molecule has 1 heterocycles. The smallest absolute Gasteiger partial charge is 0.141 e. The van der Waals surface area contributed by atoms with Crippen molar-refractivity contribution in [3.63, 3.8) is 0 Å². The topological polar surface area (TPSA) is 90.5 Å². The van der Waals surface area contributed by atoms with E-state index >= 15 is 0 Å². The summed E-state index contributed by atoms with van der Waals surface area (Å²) in [6.45, 7) is 0. The van der Waals surface area contributed by atoms with Gasteiger partial charge in [0.05, 0.1) is 28.7 Å². The predicted octanol–water partition coefficient (Wildman–Crippen LogP) is 2.90. The third-order valence-electron chi connectivity index (χ3n) is 2.98. The monoisotopic (exact) mass is 267 g/mol. The number of aromatic nitrogens is 2. The van der Waals surface area contributed by atoms with Gasteiger partial charge < -0.3 is 11.1 Å². The summed E-state index contributed by atoms with van der Waals surface area (Å²) in [6.07, 6.45) is 1.68. The van der Waals surface area contributed by atoms with Crippen molar-refractivity contribution in [3.8, 4) is 6.07 Å². The van der Waals surface area contributed by atoms with Gasteiger partial charge >= 0.3 is 0 Å². The molecule has 4 N–H and O–H groups in total. The van der Waals surface area contributed by atoms with Gasteiger partial charge in [-0.15, -0.1) is 0 Å². The molecule has 0 radical (unpaired) electrons. The molecule has 0 spiro atoms. The van der Waals surface area contributed by atoms with Gasteiger partial charge in [-0.3, -0.25) is 5.10 Å². The fourth-order valence-electron chi connectivity index (χ4n) is 1.96. The van der Waals surface area contributed by atoms with Gasteiger partial charge in [0.1, 0.15) is 11.9 Å². The lowest BCUT2D eigenvalue weighted by molar-refractivity contribution is 0.624. The second-order valence-corrected chi connectivity index (χ2v) is 4.33. The van der Waals surface area contributed by atoms with Gasteiger partial charge in [0.15, 0.2) is 0 Å². The molecule has 0 fully saturated rings. The number of nitrogens with zero attached hydrogens (tertiary/aromatic N) is 2. The minimum Gasteiger partial charge on any atom is -0.397 e. The number of nitrogens with two attached hydrogens (primary N) is 1. The Morgan fingerprint density at radius 3 is 2.95 bits per heavy atom. The van der Waals surface area contributed by atoms with Gasteiger partial charge in [-0.25, -0.2) is 4.39 Å². The summed E-state index contributed by atoms with van der Waals surface area (Å²) in [4.78, 5) is 0. The molecule has 0 bridgehead atoms. The first-order valence-corrected chi connectivity index (χ1v) is 5.86. The third-order valence-corrected chi connectivity index (χ3v) is 2.98. The van der Waals surface area contributed by atoms with E-state index in [1.807, 2.05) is 6.07 Å². The average Bonchev–Trinajstić information content (AvgIpc) is 2.88. The average molecular weight is 267 g/mol. The fourth-order valence-corrected chi connectivity index (χ4v) is 1.96. The predicted molar refractivity (Wildman–Crippen MR) is 74.9 cm³/mol. The Balaban J connectivity index is 2.00. The molecule has 0 saturated carbocycles. The van der Waals surface area contributed by atoms with Crippen LogP contribution in [0.1, 0.15) is 5.56 Å². The number of halogens is 1. The highest BCUT2D eigenvalue weighted by Crippen LogP contribution is 2.28. The standard InChI is InChI=1S/C14H10FN5/c15-11-2-1-10(3-8(11)6-16)19-14-5-13-9(4-12(14)17)7-18-20-13/h1-5,7,19H,17H2,(H,18,20). The molecule has 98 valence electrons. The van der Waals surface area contributed by atoms with Crippen molar-refractivity contribution >= 4 is 28.0 Å². The maximum atomic E-state index is 13.3. The molecule has 0 saturated heterocycles. The van der Waals surface area contributed by atoms with E-state index in [2.05, 4.69) is 15.5 Å². The van der Waals surface area contributed by atoms with Crippen LogP contribution in [0.25, 0.3) is 10.9 Å². The van der Waals surface area contributed by atoms with Crippen LogP contribution in [0.5, 0.6) is 0 Å². The number of aromatic amines is 1. The summed E-state index contributed by atoms with van der Waals surface area (Å²) in [6, 6.07) is 9.63. The molecule has 20 heavy (non-hydrogen) atoms. The van der Waals surface area contributed by atoms with Crippen LogP contribution < -0.4 is 11.1 Å². The van der Waals surface area contributed by atoms with Gasteiger partial charge in [-0.1, -0.05) is 0 Å². The molecule has 3 rings (SSSR count). The first-order valence-electron chi connectivity index (χ1n) is 5.86. The molecule has 0 aliphatic rings. The number of nitriles is 1. The molecular formula is C14H10FN5. The Morgan fingerprint density at radius 2 is 2.15 bits per heavy atom. The fraction of sp³-hybridized carbons (Fsp3) is 0. The van der Waals surface area contributed by atoms with Gasteiger partial charge in [0, 0.05) is 11.1 Å². The number of fused-ring (bicyclic) bond motifs is 1. The zero-order chi connectivity index (χ0) is 14.1. The summed E-state index contributed by atoms with van der Waals surface area (Å²) < 4.78 is 13.3. The van der Waals surface area contributed by atoms with Crippen LogP contribution in [0.2, 0.25) is 0 Å². The van der Waals surface area contributed by atoms with Gasteiger partial charge in [-0.05, 0) is 30.3 Å². The third kappa shape index (κ3) is 2.01. The van der Waals surface area contributed by atoms with E-state index in [0.29, 0.717) is 17.1 Å². The number of hydrogen-bond donors (Lipinski definition) is 3. The molecule has 0 aliphatic carbocycles. The maximum Gasteiger partial charge on any atom is 0.141 e. The Kier molecular flexibility index (Phi) is 2.73. The number of nitrogen functional groups attached to an aromatic ring is 1. The van der Waals surface area contributed by atoms with Crippen LogP contribution in [-0.4, -0.2) is 10.2 Å². The minimum atomic E-state index is -0.546. The van der Waals surface area contributed by atoms with Crippen LogP contribution >= 0.6 is 0 Å². The quantitative estimate of drug-likeness (QED) is 0.623. The van der Waals surface area contributed by atoms with E-state index in [1.165, 1.54) is 12.1 Å². The van der Waals surface area contributed by atoms with E-state index in [9.17, 15) is 4.39 Å². The van der Waals surface area contributed by atoms with Crippen molar-refractivity contribution in [2.45, 2.75) is 0 Å². The molecule has 6 heteroatoms. The number of rotatable bonds is 2. The van der Waals surface area contributed by atoms with E-state index in [4.69, 9.17) is 11.0 Å². The largest absolute Gasteiger partial charge is 0.397 e. The van der Waals surface area contributed by atoms with Crippen LogP contribution in [0.4, 0.5) is 21.5 Å². The highest BCUT2D eigenvalue weighted by Gasteiger charge is 2.06. The van der Waals surface area contributed by atoms with E-state index in [1.54, 1.807) is 24.4 Å². The molecule has 1 aromatic heterocycles. The van der Waals surface area contributed by atoms with Crippen molar-refractivity contribution in [1.29, 1.82) is 5.26 Å². The Morgan fingerprint density at radius 1 is 1.30 bits per heavy atom. The summed E-state index contributed by atoms with van der Waals surface area (Å²) in [7, 11) is 0. The Bertz CT molecular complexity index is 831. The summed E-state index contributed by atoms with van der Waals surface area (Å²) in [5.41, 5.74) is 8.57. The number of hydrogen-bond acceptors (Lipinski definition) is 4. The molecule has 0 atom stereocenters. The molecule has 5 nitrogen and oxygen atoms in total. The highest BCUT2D eigenvalue weighted by atomic mass is 19.1. The van der Waals surface area contributed by atoms with E-state index in [0.717, 1.165) is 10.9 Å². The molecule has 3 aromatic rings. The number of H-pyrrole nitrogens is 1. The summed E-state index contributed by atoms with van der Waals surface area (Å²) >= 11 is 0. The molecular weight excluding hydrogens is 257 g/mol. The Hall–Kier alpha value is -3.07. The lowest BCUT2D eigenvalue weighted by Gasteiger charge is -2.10. The molecule has 2 aromatic carbocycles. The van der Waals surface area contributed by atoms with Crippen molar-refractivity contribution in [2.24, 2.45) is 0 Å². The lowest BCUT2D eigenvalue weighted by atomic mass is 10.1. The summed E-state index contributed by atoms with van der Waals surface area (Å²) in [5, 5.41) is 19.6. The maximum absolute atomic E-state index is 13.3. The van der Waals surface area contributed by atoms with Crippen LogP contribution in [0.15, 0.2) is 36.5 Å². The van der Waals surface area contributed by atoms with Crippen LogP contribution in [0, 0.1) is 17.1 Å². The zero-order valence-corrected chi connectivity index (χ0v) is 10.3. The SMILES string of the molecule is N#Cc1cc(Nc2cc3[nH]ncc3cc2N)ccc1F. The lowest BCUT2D eigenvalue weighted by Crippen LogP contribution is -1.97. The van der Waals surface area contributed by atoms with E-state index < -0.39 is 5.82 Å². The second kappa shape index (κ2) is 4.55. The second-order valence-electron chi connectivity index (χ2n) is 4.33. The van der Waals surface area contributed by atoms with Crippen molar-refractivity contribution in [1.82, 2.24) is 10.2 Å². The number of anilines is 3. The van der Waals surface area contributed by atoms with Crippen molar-refractivity contribution in [3.05, 3.63) is 47.9 Å². The normalized spacial score (nSPS) is 10.4. The summed E-state index contributed by atoms with van der Waals surface area (Å²) in [5.74, 6) is -0.546. The molecule has 0 aliphatic heterocycles. The zero-order valence-electron chi connectivity index (χ0n) is 10.3. The van der Waals surface area contributed by atoms with Crippen LogP contribution in [-0.2, 0) is 0 Å². The molecule has 0 unspecified atom stereocenters. The van der Waals surface area contributed by atoms with Crippen LogP contribution in [0.3, 0.4) is 0 Å². The first kappa shape index (κ1) is 12.0. The van der Waals surface area contributed by atoms with E-state index in [-0.39, 0.29) is 5.56 Å². The first-order chi connectivity index (χ1) is 9.67. The number of nitrogens with one attached hydrogen (secondary N) is 2. The van der Waals surface area contributed by atoms with Crippen molar-refractivity contribution in [2.75, 3.05) is 11.1 Å². The molecule has 0 amide bonds. The van der Waals surface area contributed by atoms with Gasteiger partial charge in [-0.2, -0.15) is 10.4 Å². The Labute approximate surface area is 113 Å². The minimum absolute atomic E-state index is 0.0174.